The number of carbonyl (C=O) groups excluding carboxylic acids is 2. The standard InChI is InChI=1S/C19H15N3O4S/c1-12-9-18(20-16-8-3-2-7-15(12)16)27-11-17(23)21-19(24)13-5-4-6-14(10-13)22(25)26/h2-10H,11H2,1H3,(H,21,23,24). The number of hydrogen-bond donors (Lipinski definition) is 1. The van der Waals surface area contributed by atoms with E-state index in [4.69, 9.17) is 0 Å². The van der Waals surface area contributed by atoms with E-state index < -0.39 is 16.7 Å². The van der Waals surface area contributed by atoms with Crippen molar-refractivity contribution in [1.82, 2.24) is 10.3 Å². The molecule has 27 heavy (non-hydrogen) atoms. The number of hydrogen-bond acceptors (Lipinski definition) is 6. The van der Waals surface area contributed by atoms with Crippen molar-refractivity contribution in [1.29, 1.82) is 0 Å². The van der Waals surface area contributed by atoms with Crippen LogP contribution in [0.1, 0.15) is 15.9 Å². The first kappa shape index (κ1) is 18.5. The van der Waals surface area contributed by atoms with Gasteiger partial charge in [0, 0.05) is 23.1 Å². The molecule has 7 nitrogen and oxygen atoms in total. The van der Waals surface area contributed by atoms with E-state index in [-0.39, 0.29) is 17.0 Å². The van der Waals surface area contributed by atoms with Crippen molar-refractivity contribution < 1.29 is 14.5 Å². The number of pyridine rings is 1. The Morgan fingerprint density at radius 1 is 1.15 bits per heavy atom. The van der Waals surface area contributed by atoms with Gasteiger partial charge in [0.05, 0.1) is 21.2 Å². The van der Waals surface area contributed by atoms with Crippen molar-refractivity contribution in [2.75, 3.05) is 5.75 Å². The highest BCUT2D eigenvalue weighted by Crippen LogP contribution is 2.23. The van der Waals surface area contributed by atoms with Crippen molar-refractivity contribution in [2.24, 2.45) is 0 Å². The summed E-state index contributed by atoms with van der Waals surface area (Å²) in [5.74, 6) is -1.16. The minimum absolute atomic E-state index is 0.00540. The molecule has 0 aliphatic rings. The maximum absolute atomic E-state index is 12.1. The van der Waals surface area contributed by atoms with Gasteiger partial charge in [0.25, 0.3) is 11.6 Å². The zero-order valence-electron chi connectivity index (χ0n) is 14.3. The monoisotopic (exact) mass is 381 g/mol. The molecule has 0 atom stereocenters. The third-order valence-electron chi connectivity index (χ3n) is 3.82. The van der Waals surface area contributed by atoms with E-state index in [1.54, 1.807) is 0 Å². The summed E-state index contributed by atoms with van der Waals surface area (Å²) in [6, 6.07) is 14.8. The Hall–Kier alpha value is -3.26. The van der Waals surface area contributed by atoms with Crippen LogP contribution in [0.4, 0.5) is 5.69 Å². The molecule has 0 saturated heterocycles. The lowest BCUT2D eigenvalue weighted by Crippen LogP contribution is -2.31. The summed E-state index contributed by atoms with van der Waals surface area (Å²) in [6.45, 7) is 1.97. The maximum Gasteiger partial charge on any atom is 0.270 e. The van der Waals surface area contributed by atoms with Crippen LogP contribution in [0, 0.1) is 17.0 Å². The van der Waals surface area contributed by atoms with Crippen LogP contribution in [-0.2, 0) is 4.79 Å². The molecule has 0 unspecified atom stereocenters. The molecule has 2 aromatic carbocycles. The molecule has 1 aromatic heterocycles. The molecule has 0 fully saturated rings. The van der Waals surface area contributed by atoms with E-state index in [2.05, 4.69) is 10.3 Å². The zero-order valence-corrected chi connectivity index (χ0v) is 15.2. The van der Waals surface area contributed by atoms with E-state index in [0.717, 1.165) is 22.5 Å². The van der Waals surface area contributed by atoms with Crippen LogP contribution in [0.15, 0.2) is 59.6 Å². The van der Waals surface area contributed by atoms with Crippen molar-refractivity contribution in [2.45, 2.75) is 11.9 Å². The van der Waals surface area contributed by atoms with Crippen molar-refractivity contribution in [3.63, 3.8) is 0 Å². The van der Waals surface area contributed by atoms with Gasteiger partial charge >= 0.3 is 0 Å². The topological polar surface area (TPSA) is 102 Å². The van der Waals surface area contributed by atoms with E-state index in [9.17, 15) is 19.7 Å². The van der Waals surface area contributed by atoms with Crippen molar-refractivity contribution in [3.05, 3.63) is 75.8 Å². The summed E-state index contributed by atoms with van der Waals surface area (Å²) in [6.07, 6.45) is 0. The van der Waals surface area contributed by atoms with Crippen LogP contribution in [0.25, 0.3) is 10.9 Å². The molecule has 0 radical (unpaired) electrons. The number of thioether (sulfide) groups is 1. The first-order valence-corrected chi connectivity index (χ1v) is 9.00. The number of nitrogens with zero attached hydrogens (tertiary/aromatic N) is 2. The fourth-order valence-corrected chi connectivity index (χ4v) is 3.30. The van der Waals surface area contributed by atoms with Gasteiger partial charge in [-0.3, -0.25) is 25.0 Å². The quantitative estimate of drug-likeness (QED) is 0.412. The average molecular weight is 381 g/mol. The van der Waals surface area contributed by atoms with Gasteiger partial charge in [0.1, 0.15) is 0 Å². The van der Waals surface area contributed by atoms with Gasteiger partial charge in [0.15, 0.2) is 0 Å². The highest BCUT2D eigenvalue weighted by Gasteiger charge is 2.14. The molecule has 0 aliphatic heterocycles. The molecule has 1 N–H and O–H groups in total. The number of fused-ring (bicyclic) bond motifs is 1. The number of nitro benzene ring substituents is 1. The lowest BCUT2D eigenvalue weighted by atomic mass is 10.1. The van der Waals surface area contributed by atoms with Gasteiger partial charge < -0.3 is 0 Å². The summed E-state index contributed by atoms with van der Waals surface area (Å²) < 4.78 is 0. The van der Waals surface area contributed by atoms with Gasteiger partial charge in [-0.15, -0.1) is 0 Å². The second-order valence-electron chi connectivity index (χ2n) is 5.77. The van der Waals surface area contributed by atoms with Crippen LogP contribution in [0.3, 0.4) is 0 Å². The fourth-order valence-electron chi connectivity index (χ4n) is 2.53. The fraction of sp³-hybridized carbons (Fsp3) is 0.105. The smallest absolute Gasteiger partial charge is 0.270 e. The second-order valence-corrected chi connectivity index (χ2v) is 6.76. The Morgan fingerprint density at radius 2 is 1.93 bits per heavy atom. The van der Waals surface area contributed by atoms with Crippen LogP contribution in [0.2, 0.25) is 0 Å². The van der Waals surface area contributed by atoms with Gasteiger partial charge in [-0.1, -0.05) is 36.0 Å². The Morgan fingerprint density at radius 3 is 2.70 bits per heavy atom. The summed E-state index contributed by atoms with van der Waals surface area (Å²) in [7, 11) is 0. The number of benzene rings is 2. The zero-order chi connectivity index (χ0) is 19.4. The summed E-state index contributed by atoms with van der Waals surface area (Å²) >= 11 is 1.22. The number of amides is 2. The van der Waals surface area contributed by atoms with Crippen molar-refractivity contribution >= 4 is 40.2 Å². The van der Waals surface area contributed by atoms with Crippen LogP contribution < -0.4 is 5.32 Å². The second kappa shape index (κ2) is 7.96. The molecule has 0 aliphatic carbocycles. The maximum atomic E-state index is 12.1. The van der Waals surface area contributed by atoms with Crippen LogP contribution in [-0.4, -0.2) is 27.5 Å². The average Bonchev–Trinajstić information content (AvgIpc) is 2.66. The number of imide groups is 1. The predicted molar refractivity (Wildman–Crippen MR) is 103 cm³/mol. The van der Waals surface area contributed by atoms with E-state index in [1.807, 2.05) is 37.3 Å². The lowest BCUT2D eigenvalue weighted by molar-refractivity contribution is -0.384. The molecule has 0 spiro atoms. The number of nitrogens with one attached hydrogen (secondary N) is 1. The lowest BCUT2D eigenvalue weighted by Gasteiger charge is -2.07. The molecule has 0 saturated carbocycles. The third kappa shape index (κ3) is 4.48. The highest BCUT2D eigenvalue weighted by molar-refractivity contribution is 7.99. The van der Waals surface area contributed by atoms with E-state index in [0.29, 0.717) is 5.03 Å². The SMILES string of the molecule is Cc1cc(SCC(=O)NC(=O)c2cccc([N+](=O)[O-])c2)nc2ccccc12. The summed E-state index contributed by atoms with van der Waals surface area (Å²) in [4.78, 5) is 38.8. The molecule has 0 bridgehead atoms. The number of non-ortho nitro benzene ring substituents is 1. The number of carbonyl (C=O) groups is 2. The Labute approximate surface area is 158 Å². The summed E-state index contributed by atoms with van der Waals surface area (Å²) in [5.41, 5.74) is 1.74. The Bertz CT molecular complexity index is 1050. The molecule has 2 amide bonds. The minimum Gasteiger partial charge on any atom is -0.292 e. The van der Waals surface area contributed by atoms with Gasteiger partial charge in [-0.25, -0.2) is 4.98 Å². The number of para-hydroxylation sites is 1. The molecule has 1 heterocycles. The predicted octanol–water partition coefficient (Wildman–Crippen LogP) is 3.50. The largest absolute Gasteiger partial charge is 0.292 e. The Kier molecular flexibility index (Phi) is 5.46. The first-order chi connectivity index (χ1) is 12.9. The van der Waals surface area contributed by atoms with Gasteiger partial charge in [0.2, 0.25) is 5.91 Å². The van der Waals surface area contributed by atoms with Gasteiger partial charge in [-0.2, -0.15) is 0 Å². The Balaban J connectivity index is 1.64. The third-order valence-corrected chi connectivity index (χ3v) is 4.73. The molecule has 3 rings (SSSR count). The number of aromatic nitrogens is 1. The van der Waals surface area contributed by atoms with Crippen molar-refractivity contribution in [3.8, 4) is 0 Å². The summed E-state index contributed by atoms with van der Waals surface area (Å²) in [5, 5.41) is 14.7. The normalized spacial score (nSPS) is 10.6. The van der Waals surface area contributed by atoms with E-state index in [1.165, 1.54) is 30.0 Å². The number of aryl methyl sites for hydroxylation is 1. The molecular formula is C19H15N3O4S. The molecule has 136 valence electrons. The number of rotatable bonds is 5. The number of nitro groups is 1. The van der Waals surface area contributed by atoms with E-state index >= 15 is 0 Å². The molecular weight excluding hydrogens is 366 g/mol. The minimum atomic E-state index is -0.674. The van der Waals surface area contributed by atoms with Crippen LogP contribution in [0.5, 0.6) is 0 Å². The molecule has 3 aromatic rings. The molecule has 8 heteroatoms. The van der Waals surface area contributed by atoms with Crippen LogP contribution >= 0.6 is 11.8 Å². The first-order valence-electron chi connectivity index (χ1n) is 8.02. The highest BCUT2D eigenvalue weighted by atomic mass is 32.2. The van der Waals surface area contributed by atoms with Gasteiger partial charge in [-0.05, 0) is 30.7 Å².